The number of rotatable bonds is 4. The van der Waals surface area contributed by atoms with Crippen molar-refractivity contribution in [3.63, 3.8) is 0 Å². The number of carbonyl (C=O) groups is 2. The topological polar surface area (TPSA) is 64.7 Å². The van der Waals surface area contributed by atoms with Crippen molar-refractivity contribution in [2.24, 2.45) is 0 Å². The van der Waals surface area contributed by atoms with E-state index in [1.807, 2.05) is 11.0 Å². The quantitative estimate of drug-likeness (QED) is 0.748. The van der Waals surface area contributed by atoms with Crippen molar-refractivity contribution in [1.29, 1.82) is 0 Å². The van der Waals surface area contributed by atoms with E-state index in [2.05, 4.69) is 10.6 Å². The first-order chi connectivity index (χ1) is 13.3. The minimum absolute atomic E-state index is 0.0151. The van der Waals surface area contributed by atoms with Crippen molar-refractivity contribution in [2.75, 3.05) is 39.5 Å². The smallest absolute Gasteiger partial charge is 0.319 e. The molecule has 0 aromatic heterocycles. The van der Waals surface area contributed by atoms with Gasteiger partial charge in [-0.1, -0.05) is 29.3 Å². The molecule has 0 bridgehead atoms. The standard InChI is InChI=1S/C19H26Cl2N4O2S/c1-24(2)18(27)25-9-6-19(7-10-25)23-16(12-28-19)17(26)22-8-5-13-3-4-14(20)11-15(13)21/h3-4,11,16,23H,5-10,12H2,1-2H3,(H,22,26). The predicted molar refractivity (Wildman–Crippen MR) is 115 cm³/mol. The Morgan fingerprint density at radius 1 is 1.32 bits per heavy atom. The molecule has 2 saturated heterocycles. The second-order valence-corrected chi connectivity index (χ2v) is 9.69. The molecule has 1 aromatic carbocycles. The summed E-state index contributed by atoms with van der Waals surface area (Å²) in [5.74, 6) is 0.760. The van der Waals surface area contributed by atoms with Gasteiger partial charge >= 0.3 is 6.03 Å². The third-order valence-corrected chi connectivity index (χ3v) is 7.38. The molecular formula is C19H26Cl2N4O2S. The fourth-order valence-corrected chi connectivity index (χ4v) is 5.50. The van der Waals surface area contributed by atoms with Crippen LogP contribution < -0.4 is 10.6 Å². The van der Waals surface area contributed by atoms with Crippen LogP contribution in [0.2, 0.25) is 10.0 Å². The second kappa shape index (κ2) is 9.11. The minimum Gasteiger partial charge on any atom is -0.354 e. The number of likely N-dealkylation sites (tertiary alicyclic amines) is 1. The molecule has 2 aliphatic rings. The highest BCUT2D eigenvalue weighted by molar-refractivity contribution is 8.01. The van der Waals surface area contributed by atoms with Crippen LogP contribution in [-0.4, -0.2) is 72.1 Å². The fraction of sp³-hybridized carbons (Fsp3) is 0.579. The van der Waals surface area contributed by atoms with E-state index in [4.69, 9.17) is 23.2 Å². The monoisotopic (exact) mass is 444 g/mol. The molecule has 2 heterocycles. The Labute approximate surface area is 180 Å². The Balaban J connectivity index is 1.45. The third-order valence-electron chi connectivity index (χ3n) is 5.21. The highest BCUT2D eigenvalue weighted by Gasteiger charge is 2.44. The summed E-state index contributed by atoms with van der Waals surface area (Å²) in [4.78, 5) is 28.0. The van der Waals surface area contributed by atoms with E-state index in [1.165, 1.54) is 0 Å². The summed E-state index contributed by atoms with van der Waals surface area (Å²) < 4.78 is 0. The van der Waals surface area contributed by atoms with Gasteiger partial charge < -0.3 is 15.1 Å². The third kappa shape index (κ3) is 5.06. The Hall–Kier alpha value is -1.15. The summed E-state index contributed by atoms with van der Waals surface area (Å²) >= 11 is 13.9. The zero-order valence-corrected chi connectivity index (χ0v) is 18.5. The number of carbonyl (C=O) groups excluding carboxylic acids is 2. The van der Waals surface area contributed by atoms with E-state index >= 15 is 0 Å². The molecule has 28 heavy (non-hydrogen) atoms. The molecule has 0 aliphatic carbocycles. The van der Waals surface area contributed by atoms with E-state index in [9.17, 15) is 9.59 Å². The van der Waals surface area contributed by atoms with Crippen molar-refractivity contribution in [2.45, 2.75) is 30.2 Å². The Bertz CT molecular complexity index is 739. The number of nitrogens with one attached hydrogen (secondary N) is 2. The van der Waals surface area contributed by atoms with Gasteiger partial charge in [-0.05, 0) is 37.0 Å². The molecule has 6 nitrogen and oxygen atoms in total. The first kappa shape index (κ1) is 21.6. The SMILES string of the molecule is CN(C)C(=O)N1CCC2(CC1)NC(C(=O)NCCc1ccc(Cl)cc1Cl)CS2. The van der Waals surface area contributed by atoms with Crippen molar-refractivity contribution >= 4 is 46.9 Å². The van der Waals surface area contributed by atoms with Gasteiger partial charge in [0.1, 0.15) is 0 Å². The molecule has 2 N–H and O–H groups in total. The number of benzene rings is 1. The lowest BCUT2D eigenvalue weighted by molar-refractivity contribution is -0.122. The lowest BCUT2D eigenvalue weighted by Gasteiger charge is -2.39. The van der Waals surface area contributed by atoms with Crippen LogP contribution in [0.5, 0.6) is 0 Å². The van der Waals surface area contributed by atoms with E-state index in [-0.39, 0.29) is 22.9 Å². The number of nitrogens with zero attached hydrogens (tertiary/aromatic N) is 2. The maximum atomic E-state index is 12.6. The van der Waals surface area contributed by atoms with Crippen LogP contribution in [0.15, 0.2) is 18.2 Å². The van der Waals surface area contributed by atoms with Crippen LogP contribution in [0.3, 0.4) is 0 Å². The highest BCUT2D eigenvalue weighted by Crippen LogP contribution is 2.39. The van der Waals surface area contributed by atoms with Crippen molar-refractivity contribution < 1.29 is 9.59 Å². The van der Waals surface area contributed by atoms with Gasteiger partial charge in [-0.3, -0.25) is 10.1 Å². The molecule has 0 saturated carbocycles. The van der Waals surface area contributed by atoms with Crippen LogP contribution in [0.4, 0.5) is 4.79 Å². The molecule has 2 fully saturated rings. The summed E-state index contributed by atoms with van der Waals surface area (Å²) in [6, 6.07) is 5.25. The van der Waals surface area contributed by atoms with Crippen molar-refractivity contribution in [3.8, 4) is 0 Å². The molecule has 1 unspecified atom stereocenters. The predicted octanol–water partition coefficient (Wildman–Crippen LogP) is 2.83. The molecule has 3 rings (SSSR count). The van der Waals surface area contributed by atoms with E-state index in [0.717, 1.165) is 24.2 Å². The normalized spacial score (nSPS) is 21.0. The lowest BCUT2D eigenvalue weighted by Crippen LogP contribution is -2.55. The highest BCUT2D eigenvalue weighted by atomic mass is 35.5. The average molecular weight is 445 g/mol. The van der Waals surface area contributed by atoms with Gasteiger partial charge in [0.15, 0.2) is 0 Å². The summed E-state index contributed by atoms with van der Waals surface area (Å²) in [7, 11) is 3.54. The molecule has 154 valence electrons. The number of amides is 3. The molecule has 1 aromatic rings. The van der Waals surface area contributed by atoms with Gasteiger partial charge in [0.05, 0.1) is 10.9 Å². The molecule has 1 spiro atoms. The second-order valence-electron chi connectivity index (χ2n) is 7.44. The van der Waals surface area contributed by atoms with E-state index < -0.39 is 0 Å². The van der Waals surface area contributed by atoms with Crippen LogP contribution in [0.1, 0.15) is 18.4 Å². The fourth-order valence-electron chi connectivity index (χ4n) is 3.58. The van der Waals surface area contributed by atoms with Crippen LogP contribution >= 0.6 is 35.0 Å². The first-order valence-corrected chi connectivity index (χ1v) is 11.1. The number of thioether (sulfide) groups is 1. The van der Waals surface area contributed by atoms with Gasteiger partial charge in [0, 0.05) is 49.5 Å². The molecule has 1 atom stereocenters. The van der Waals surface area contributed by atoms with E-state index in [0.29, 0.717) is 36.1 Å². The molecule has 3 amide bonds. The zero-order chi connectivity index (χ0) is 20.3. The van der Waals surface area contributed by atoms with Gasteiger partial charge in [0.25, 0.3) is 0 Å². The maximum Gasteiger partial charge on any atom is 0.319 e. The maximum absolute atomic E-state index is 12.6. The Morgan fingerprint density at radius 3 is 2.68 bits per heavy atom. The Kier molecular flexibility index (Phi) is 7.02. The summed E-state index contributed by atoms with van der Waals surface area (Å²) in [5.41, 5.74) is 0.967. The number of halogens is 2. The van der Waals surface area contributed by atoms with Crippen LogP contribution in [0.25, 0.3) is 0 Å². The van der Waals surface area contributed by atoms with Gasteiger partial charge in [0.2, 0.25) is 5.91 Å². The van der Waals surface area contributed by atoms with Crippen molar-refractivity contribution in [1.82, 2.24) is 20.4 Å². The van der Waals surface area contributed by atoms with Crippen LogP contribution in [0, 0.1) is 0 Å². The minimum atomic E-state index is -0.207. The lowest BCUT2D eigenvalue weighted by atomic mass is 10.0. The summed E-state index contributed by atoms with van der Waals surface area (Å²) in [6.45, 7) is 1.95. The van der Waals surface area contributed by atoms with E-state index in [1.54, 1.807) is 42.9 Å². The number of urea groups is 1. The summed E-state index contributed by atoms with van der Waals surface area (Å²) in [6.07, 6.45) is 2.36. The Morgan fingerprint density at radius 2 is 2.04 bits per heavy atom. The summed E-state index contributed by atoms with van der Waals surface area (Å²) in [5, 5.41) is 7.74. The number of hydrogen-bond acceptors (Lipinski definition) is 4. The molecule has 9 heteroatoms. The zero-order valence-electron chi connectivity index (χ0n) is 16.1. The molecular weight excluding hydrogens is 419 g/mol. The molecule has 0 radical (unpaired) electrons. The number of piperidine rings is 1. The largest absolute Gasteiger partial charge is 0.354 e. The van der Waals surface area contributed by atoms with Crippen molar-refractivity contribution in [3.05, 3.63) is 33.8 Å². The number of hydrogen-bond donors (Lipinski definition) is 2. The molecule has 2 aliphatic heterocycles. The van der Waals surface area contributed by atoms with Gasteiger partial charge in [-0.15, -0.1) is 11.8 Å². The van der Waals surface area contributed by atoms with Crippen LogP contribution in [-0.2, 0) is 11.2 Å². The first-order valence-electron chi connectivity index (χ1n) is 9.39. The average Bonchev–Trinajstić information content (AvgIpc) is 3.07. The van der Waals surface area contributed by atoms with Gasteiger partial charge in [-0.2, -0.15) is 0 Å². The van der Waals surface area contributed by atoms with Gasteiger partial charge in [-0.25, -0.2) is 4.79 Å².